The highest BCUT2D eigenvalue weighted by atomic mass is 16.5. The number of hydrogen-bond donors (Lipinski definition) is 0. The number of rotatable bonds is 11. The summed E-state index contributed by atoms with van der Waals surface area (Å²) in [6.45, 7) is 2.29. The third kappa shape index (κ3) is 7.13. The second-order valence-corrected chi connectivity index (χ2v) is 8.77. The Morgan fingerprint density at radius 2 is 1.45 bits per heavy atom. The molecule has 0 radical (unpaired) electrons. The van der Waals surface area contributed by atoms with E-state index in [2.05, 4.69) is 16.9 Å². The third-order valence-corrected chi connectivity index (χ3v) is 6.58. The average Bonchev–Trinajstić information content (AvgIpc) is 2.79. The van der Waals surface area contributed by atoms with Crippen LogP contribution in [0.15, 0.2) is 36.7 Å². The standard InChI is InChI=1S/C26H38N2O/c1-3-4-5-6-7-8-21-9-11-22(12-10-21)13-14-23-19-27-26(28-20-23)24-15-17-25(29-2)18-16-24/h15-22H,3-14H2,1-2H3/t21-,22-. The molecule has 0 amide bonds. The van der Waals surface area contributed by atoms with Crippen LogP contribution in [-0.4, -0.2) is 17.1 Å². The van der Waals surface area contributed by atoms with E-state index in [1.807, 2.05) is 36.7 Å². The first kappa shape index (κ1) is 21.8. The number of aromatic nitrogens is 2. The normalized spacial score (nSPS) is 19.2. The first-order chi connectivity index (χ1) is 14.3. The van der Waals surface area contributed by atoms with Gasteiger partial charge in [0.25, 0.3) is 0 Å². The van der Waals surface area contributed by atoms with Gasteiger partial charge in [0, 0.05) is 18.0 Å². The zero-order valence-electron chi connectivity index (χ0n) is 18.4. The second kappa shape index (κ2) is 11.9. The average molecular weight is 395 g/mol. The molecule has 2 aromatic rings. The van der Waals surface area contributed by atoms with Crippen molar-refractivity contribution in [2.45, 2.75) is 84.0 Å². The molecule has 29 heavy (non-hydrogen) atoms. The second-order valence-electron chi connectivity index (χ2n) is 8.77. The molecule has 3 nitrogen and oxygen atoms in total. The zero-order chi connectivity index (χ0) is 20.3. The van der Waals surface area contributed by atoms with Crippen LogP contribution in [0.3, 0.4) is 0 Å². The Morgan fingerprint density at radius 1 is 0.828 bits per heavy atom. The van der Waals surface area contributed by atoms with Crippen LogP contribution in [0.2, 0.25) is 0 Å². The van der Waals surface area contributed by atoms with E-state index < -0.39 is 0 Å². The smallest absolute Gasteiger partial charge is 0.159 e. The zero-order valence-corrected chi connectivity index (χ0v) is 18.4. The van der Waals surface area contributed by atoms with E-state index in [-0.39, 0.29) is 0 Å². The van der Waals surface area contributed by atoms with Crippen molar-refractivity contribution >= 4 is 0 Å². The highest BCUT2D eigenvalue weighted by Gasteiger charge is 2.20. The van der Waals surface area contributed by atoms with Crippen LogP contribution in [0.25, 0.3) is 11.4 Å². The van der Waals surface area contributed by atoms with Crippen molar-refractivity contribution in [2.75, 3.05) is 7.11 Å². The lowest BCUT2D eigenvalue weighted by Gasteiger charge is -2.28. The lowest BCUT2D eigenvalue weighted by Crippen LogP contribution is -2.15. The molecule has 1 aromatic carbocycles. The van der Waals surface area contributed by atoms with E-state index in [0.717, 1.165) is 35.4 Å². The fourth-order valence-corrected chi connectivity index (χ4v) is 4.59. The van der Waals surface area contributed by atoms with E-state index >= 15 is 0 Å². The maximum Gasteiger partial charge on any atom is 0.159 e. The quantitative estimate of drug-likeness (QED) is 0.376. The highest BCUT2D eigenvalue weighted by Crippen LogP contribution is 2.34. The van der Waals surface area contributed by atoms with E-state index in [4.69, 9.17) is 4.74 Å². The summed E-state index contributed by atoms with van der Waals surface area (Å²) >= 11 is 0. The van der Waals surface area contributed by atoms with Crippen LogP contribution in [-0.2, 0) is 6.42 Å². The SMILES string of the molecule is CCCCCCC[C@H]1CC[C@H](CCc2cnc(-c3ccc(OC)cc3)nc2)CC1. The maximum atomic E-state index is 5.21. The van der Waals surface area contributed by atoms with Crippen molar-refractivity contribution in [3.8, 4) is 17.1 Å². The van der Waals surface area contributed by atoms with Crippen molar-refractivity contribution in [1.29, 1.82) is 0 Å². The van der Waals surface area contributed by atoms with Crippen LogP contribution in [0.1, 0.15) is 83.1 Å². The highest BCUT2D eigenvalue weighted by molar-refractivity contribution is 5.55. The van der Waals surface area contributed by atoms with Gasteiger partial charge in [-0.05, 0) is 54.5 Å². The minimum absolute atomic E-state index is 0.788. The fraction of sp³-hybridized carbons (Fsp3) is 0.615. The van der Waals surface area contributed by atoms with Gasteiger partial charge in [0.2, 0.25) is 0 Å². The van der Waals surface area contributed by atoms with Crippen LogP contribution in [0, 0.1) is 11.8 Å². The van der Waals surface area contributed by atoms with Crippen LogP contribution in [0.4, 0.5) is 0 Å². The molecule has 1 aliphatic rings. The third-order valence-electron chi connectivity index (χ3n) is 6.58. The Morgan fingerprint density at radius 3 is 2.07 bits per heavy atom. The van der Waals surface area contributed by atoms with E-state index in [0.29, 0.717) is 0 Å². The van der Waals surface area contributed by atoms with Gasteiger partial charge in [0.15, 0.2) is 5.82 Å². The Labute approximate surface area is 177 Å². The lowest BCUT2D eigenvalue weighted by molar-refractivity contribution is 0.248. The Bertz CT molecular complexity index is 688. The van der Waals surface area contributed by atoms with Crippen molar-refractivity contribution in [2.24, 2.45) is 11.8 Å². The van der Waals surface area contributed by atoms with E-state index in [1.54, 1.807) is 7.11 Å². The van der Waals surface area contributed by atoms with Gasteiger partial charge in [0.05, 0.1) is 7.11 Å². The summed E-state index contributed by atoms with van der Waals surface area (Å²) < 4.78 is 5.21. The molecule has 0 spiro atoms. The van der Waals surface area contributed by atoms with E-state index in [9.17, 15) is 0 Å². The molecule has 0 aliphatic heterocycles. The predicted octanol–water partition coefficient (Wildman–Crippen LogP) is 7.25. The Kier molecular flexibility index (Phi) is 8.98. The summed E-state index contributed by atoms with van der Waals surface area (Å²) in [5.41, 5.74) is 2.30. The number of unbranched alkanes of at least 4 members (excludes halogenated alkanes) is 4. The molecule has 1 fully saturated rings. The first-order valence-corrected chi connectivity index (χ1v) is 11.7. The molecule has 0 bridgehead atoms. The number of methoxy groups -OCH3 is 1. The van der Waals surface area contributed by atoms with Crippen molar-refractivity contribution in [3.05, 3.63) is 42.2 Å². The fourth-order valence-electron chi connectivity index (χ4n) is 4.59. The predicted molar refractivity (Wildman–Crippen MR) is 121 cm³/mol. The molecule has 0 atom stereocenters. The maximum absolute atomic E-state index is 5.21. The number of nitrogens with zero attached hydrogens (tertiary/aromatic N) is 2. The van der Waals surface area contributed by atoms with Crippen molar-refractivity contribution in [3.63, 3.8) is 0 Å². The molecule has 1 heterocycles. The minimum Gasteiger partial charge on any atom is -0.497 e. The van der Waals surface area contributed by atoms with Crippen LogP contribution in [0.5, 0.6) is 5.75 Å². The number of benzene rings is 1. The molecule has 3 rings (SSSR count). The largest absolute Gasteiger partial charge is 0.497 e. The molecular weight excluding hydrogens is 356 g/mol. The summed E-state index contributed by atoms with van der Waals surface area (Å²) in [5.74, 6) is 3.54. The topological polar surface area (TPSA) is 35.0 Å². The van der Waals surface area contributed by atoms with Gasteiger partial charge in [-0.25, -0.2) is 9.97 Å². The molecule has 158 valence electrons. The molecule has 0 N–H and O–H groups in total. The van der Waals surface area contributed by atoms with Gasteiger partial charge in [-0.2, -0.15) is 0 Å². The van der Waals surface area contributed by atoms with Gasteiger partial charge >= 0.3 is 0 Å². The molecule has 3 heteroatoms. The van der Waals surface area contributed by atoms with Gasteiger partial charge in [-0.3, -0.25) is 0 Å². The van der Waals surface area contributed by atoms with Gasteiger partial charge in [0.1, 0.15) is 5.75 Å². The Balaban J connectivity index is 1.36. The summed E-state index contributed by atoms with van der Waals surface area (Å²) in [6.07, 6.45) is 20.7. The molecular formula is C26H38N2O. The summed E-state index contributed by atoms with van der Waals surface area (Å²) in [4.78, 5) is 9.17. The summed E-state index contributed by atoms with van der Waals surface area (Å²) in [7, 11) is 1.68. The minimum atomic E-state index is 0.788. The molecule has 1 saturated carbocycles. The number of hydrogen-bond acceptors (Lipinski definition) is 3. The lowest BCUT2D eigenvalue weighted by atomic mass is 9.78. The van der Waals surface area contributed by atoms with Crippen molar-refractivity contribution in [1.82, 2.24) is 9.97 Å². The molecule has 0 saturated heterocycles. The van der Waals surface area contributed by atoms with Crippen molar-refractivity contribution < 1.29 is 4.74 Å². The van der Waals surface area contributed by atoms with Gasteiger partial charge in [-0.1, -0.05) is 71.1 Å². The summed E-state index contributed by atoms with van der Waals surface area (Å²) in [5, 5.41) is 0. The molecule has 0 unspecified atom stereocenters. The van der Waals surface area contributed by atoms with Crippen LogP contribution < -0.4 is 4.74 Å². The summed E-state index contributed by atoms with van der Waals surface area (Å²) in [6, 6.07) is 7.93. The Hall–Kier alpha value is -1.90. The van der Waals surface area contributed by atoms with Crippen LogP contribution >= 0.6 is 0 Å². The van der Waals surface area contributed by atoms with Gasteiger partial charge < -0.3 is 4.74 Å². The van der Waals surface area contributed by atoms with Gasteiger partial charge in [-0.15, -0.1) is 0 Å². The number of aryl methyl sites for hydroxylation is 1. The molecule has 1 aliphatic carbocycles. The monoisotopic (exact) mass is 394 g/mol. The first-order valence-electron chi connectivity index (χ1n) is 11.7. The van der Waals surface area contributed by atoms with E-state index in [1.165, 1.54) is 76.2 Å². The number of ether oxygens (including phenoxy) is 1. The molecule has 1 aromatic heterocycles.